The van der Waals surface area contributed by atoms with Gasteiger partial charge in [-0.3, -0.25) is 0 Å². The molecular formula is C17H19ClO2. The molecule has 0 fully saturated rings. The maximum absolute atomic E-state index is 9.05. The molecule has 0 unspecified atom stereocenters. The molecule has 0 aromatic heterocycles. The summed E-state index contributed by atoms with van der Waals surface area (Å²) in [5, 5.41) is 9.55. The zero-order valence-corrected chi connectivity index (χ0v) is 12.7. The lowest BCUT2D eigenvalue weighted by atomic mass is 9.87. The van der Waals surface area contributed by atoms with Gasteiger partial charge in [-0.25, -0.2) is 0 Å². The summed E-state index contributed by atoms with van der Waals surface area (Å²) in [6.45, 7) is 6.49. The van der Waals surface area contributed by atoms with Gasteiger partial charge in [-0.05, 0) is 40.8 Å². The zero-order valence-electron chi connectivity index (χ0n) is 12.0. The second kappa shape index (κ2) is 5.86. The monoisotopic (exact) mass is 290 g/mol. The lowest BCUT2D eigenvalue weighted by molar-refractivity contribution is 0.281. The maximum Gasteiger partial charge on any atom is 0.146 e. The van der Waals surface area contributed by atoms with Gasteiger partial charge in [0.15, 0.2) is 0 Å². The molecule has 0 heterocycles. The minimum absolute atomic E-state index is 0.0275. The van der Waals surface area contributed by atoms with Crippen LogP contribution in [0.2, 0.25) is 5.02 Å². The molecule has 0 saturated carbocycles. The number of aliphatic hydroxyl groups excluding tert-OH is 1. The summed E-state index contributed by atoms with van der Waals surface area (Å²) in [7, 11) is 0. The molecule has 0 aliphatic rings. The van der Waals surface area contributed by atoms with Crippen LogP contribution in [-0.4, -0.2) is 5.11 Å². The highest BCUT2D eigenvalue weighted by Gasteiger charge is 2.13. The summed E-state index contributed by atoms with van der Waals surface area (Å²) in [4.78, 5) is 0. The van der Waals surface area contributed by atoms with Crippen LogP contribution in [0.5, 0.6) is 11.5 Å². The lowest BCUT2D eigenvalue weighted by Crippen LogP contribution is -2.10. The average Bonchev–Trinajstić information content (AvgIpc) is 2.40. The third-order valence-corrected chi connectivity index (χ3v) is 3.42. The molecule has 0 aliphatic carbocycles. The third-order valence-electron chi connectivity index (χ3n) is 3.13. The molecule has 0 radical (unpaired) electrons. The molecular weight excluding hydrogens is 272 g/mol. The van der Waals surface area contributed by atoms with Gasteiger partial charge < -0.3 is 9.84 Å². The first-order valence-corrected chi connectivity index (χ1v) is 6.95. The quantitative estimate of drug-likeness (QED) is 0.869. The minimum Gasteiger partial charge on any atom is -0.456 e. The predicted molar refractivity (Wildman–Crippen MR) is 82.6 cm³/mol. The first-order valence-electron chi connectivity index (χ1n) is 6.58. The molecule has 2 nitrogen and oxygen atoms in total. The summed E-state index contributed by atoms with van der Waals surface area (Å²) >= 11 is 6.13. The molecule has 0 saturated heterocycles. The minimum atomic E-state index is -0.0275. The van der Waals surface area contributed by atoms with Crippen LogP contribution in [0.3, 0.4) is 0 Å². The van der Waals surface area contributed by atoms with E-state index in [0.29, 0.717) is 10.8 Å². The Balaban J connectivity index is 2.18. The second-order valence-corrected chi connectivity index (χ2v) is 6.21. The fourth-order valence-electron chi connectivity index (χ4n) is 1.88. The molecule has 106 valence electrons. The van der Waals surface area contributed by atoms with Crippen molar-refractivity contribution < 1.29 is 9.84 Å². The number of aliphatic hydroxyl groups is 1. The van der Waals surface area contributed by atoms with Crippen molar-refractivity contribution in [2.24, 2.45) is 0 Å². The summed E-state index contributed by atoms with van der Waals surface area (Å²) in [6.07, 6.45) is 0. The van der Waals surface area contributed by atoms with Gasteiger partial charge in [0.25, 0.3) is 0 Å². The van der Waals surface area contributed by atoms with Gasteiger partial charge in [-0.2, -0.15) is 0 Å². The maximum atomic E-state index is 9.05. The average molecular weight is 291 g/mol. The van der Waals surface area contributed by atoms with E-state index in [1.807, 2.05) is 12.1 Å². The van der Waals surface area contributed by atoms with Crippen LogP contribution in [0.15, 0.2) is 42.5 Å². The first kappa shape index (κ1) is 14.9. The topological polar surface area (TPSA) is 29.5 Å². The molecule has 3 heteroatoms. The van der Waals surface area contributed by atoms with E-state index in [-0.39, 0.29) is 12.0 Å². The lowest BCUT2D eigenvalue weighted by Gasteiger charge is -2.19. The van der Waals surface area contributed by atoms with Crippen molar-refractivity contribution in [3.63, 3.8) is 0 Å². The SMILES string of the molecule is CC(C)(C)c1ccc(Oc2ccc(CO)cc2Cl)cc1. The van der Waals surface area contributed by atoms with E-state index in [4.69, 9.17) is 21.4 Å². The van der Waals surface area contributed by atoms with E-state index < -0.39 is 0 Å². The van der Waals surface area contributed by atoms with Crippen LogP contribution >= 0.6 is 11.6 Å². The van der Waals surface area contributed by atoms with Crippen molar-refractivity contribution >= 4 is 11.6 Å². The van der Waals surface area contributed by atoms with Crippen molar-refractivity contribution in [2.45, 2.75) is 32.8 Å². The zero-order chi connectivity index (χ0) is 14.8. The van der Waals surface area contributed by atoms with Crippen molar-refractivity contribution in [1.82, 2.24) is 0 Å². The van der Waals surface area contributed by atoms with E-state index in [1.165, 1.54) is 5.56 Å². The number of benzene rings is 2. The summed E-state index contributed by atoms with van der Waals surface area (Å²) < 4.78 is 5.76. The molecule has 1 N–H and O–H groups in total. The molecule has 0 aliphatic heterocycles. The Hall–Kier alpha value is -1.51. The van der Waals surface area contributed by atoms with Crippen molar-refractivity contribution in [3.8, 4) is 11.5 Å². The fourth-order valence-corrected chi connectivity index (χ4v) is 2.12. The summed E-state index contributed by atoms with van der Waals surface area (Å²) in [5.41, 5.74) is 2.15. The number of halogens is 1. The van der Waals surface area contributed by atoms with Crippen LogP contribution < -0.4 is 4.74 Å². The Bertz CT molecular complexity index is 583. The molecule has 0 spiro atoms. The Labute approximate surface area is 125 Å². The van der Waals surface area contributed by atoms with Crippen LogP contribution in [0.4, 0.5) is 0 Å². The number of ether oxygens (including phenoxy) is 1. The molecule has 0 atom stereocenters. The standard InChI is InChI=1S/C17H19ClO2/c1-17(2,3)13-5-7-14(8-6-13)20-16-9-4-12(11-19)10-15(16)18/h4-10,19H,11H2,1-3H3. The van der Waals surface area contributed by atoms with Crippen molar-refractivity contribution in [1.29, 1.82) is 0 Å². The third kappa shape index (κ3) is 3.53. The number of rotatable bonds is 3. The summed E-state index contributed by atoms with van der Waals surface area (Å²) in [5.74, 6) is 1.34. The van der Waals surface area contributed by atoms with Crippen molar-refractivity contribution in [3.05, 3.63) is 58.6 Å². The van der Waals surface area contributed by atoms with Crippen LogP contribution in [0.1, 0.15) is 31.9 Å². The first-order chi connectivity index (χ1) is 9.40. The van der Waals surface area contributed by atoms with Crippen LogP contribution in [0, 0.1) is 0 Å². The van der Waals surface area contributed by atoms with E-state index in [1.54, 1.807) is 18.2 Å². The van der Waals surface area contributed by atoms with E-state index in [0.717, 1.165) is 11.3 Å². The van der Waals surface area contributed by atoms with E-state index in [2.05, 4.69) is 32.9 Å². The Morgan fingerprint density at radius 1 is 1.05 bits per heavy atom. The van der Waals surface area contributed by atoms with E-state index in [9.17, 15) is 0 Å². The Kier molecular flexibility index (Phi) is 4.36. The van der Waals surface area contributed by atoms with Gasteiger partial charge in [-0.15, -0.1) is 0 Å². The van der Waals surface area contributed by atoms with Crippen LogP contribution in [-0.2, 0) is 12.0 Å². The van der Waals surface area contributed by atoms with Gasteiger partial charge in [0, 0.05) is 0 Å². The van der Waals surface area contributed by atoms with Gasteiger partial charge in [0.05, 0.1) is 11.6 Å². The number of hydrogen-bond acceptors (Lipinski definition) is 2. The molecule has 2 aromatic rings. The molecule has 0 amide bonds. The highest BCUT2D eigenvalue weighted by Crippen LogP contribution is 2.31. The fraction of sp³-hybridized carbons (Fsp3) is 0.294. The summed E-state index contributed by atoms with van der Waals surface area (Å²) in [6, 6.07) is 13.3. The highest BCUT2D eigenvalue weighted by molar-refractivity contribution is 6.32. The predicted octanol–water partition coefficient (Wildman–Crippen LogP) is 4.92. The van der Waals surface area contributed by atoms with Gasteiger partial charge in [0.2, 0.25) is 0 Å². The molecule has 0 bridgehead atoms. The Morgan fingerprint density at radius 2 is 1.70 bits per heavy atom. The second-order valence-electron chi connectivity index (χ2n) is 5.80. The van der Waals surface area contributed by atoms with Gasteiger partial charge in [-0.1, -0.05) is 50.6 Å². The Morgan fingerprint density at radius 3 is 2.20 bits per heavy atom. The van der Waals surface area contributed by atoms with E-state index >= 15 is 0 Å². The van der Waals surface area contributed by atoms with Crippen LogP contribution in [0.25, 0.3) is 0 Å². The number of hydrogen-bond donors (Lipinski definition) is 1. The smallest absolute Gasteiger partial charge is 0.146 e. The molecule has 2 rings (SSSR count). The van der Waals surface area contributed by atoms with Crippen molar-refractivity contribution in [2.75, 3.05) is 0 Å². The highest BCUT2D eigenvalue weighted by atomic mass is 35.5. The normalized spacial score (nSPS) is 11.4. The van der Waals surface area contributed by atoms with Gasteiger partial charge >= 0.3 is 0 Å². The molecule has 20 heavy (non-hydrogen) atoms. The van der Waals surface area contributed by atoms with Gasteiger partial charge in [0.1, 0.15) is 11.5 Å². The largest absolute Gasteiger partial charge is 0.456 e. The molecule has 2 aromatic carbocycles.